The molecule has 1 heterocycles. The van der Waals surface area contributed by atoms with Gasteiger partial charge in [-0.25, -0.2) is 18.2 Å². The normalized spacial score (nSPS) is 14.6. The van der Waals surface area contributed by atoms with Crippen molar-refractivity contribution in [3.05, 3.63) is 40.2 Å². The van der Waals surface area contributed by atoms with E-state index in [2.05, 4.69) is 4.98 Å². The lowest BCUT2D eigenvalue weighted by Crippen LogP contribution is -2.07. The van der Waals surface area contributed by atoms with Crippen LogP contribution >= 0.6 is 11.3 Å². The van der Waals surface area contributed by atoms with E-state index in [4.69, 9.17) is 0 Å². The lowest BCUT2D eigenvalue weighted by molar-refractivity contribution is 0.0976. The van der Waals surface area contributed by atoms with Crippen LogP contribution in [0.4, 0.5) is 13.2 Å². The minimum absolute atomic E-state index is 0.0204. The number of rotatable bonds is 1. The lowest BCUT2D eigenvalue weighted by Gasteiger charge is -2.06. The molecular formula is C13H8F3NOS. The van der Waals surface area contributed by atoms with E-state index in [1.54, 1.807) is 0 Å². The van der Waals surface area contributed by atoms with Gasteiger partial charge in [-0.05, 0) is 25.0 Å². The Morgan fingerprint density at radius 2 is 1.89 bits per heavy atom. The second-order valence-corrected chi connectivity index (χ2v) is 5.29. The van der Waals surface area contributed by atoms with Crippen LogP contribution in [-0.2, 0) is 6.42 Å². The minimum atomic E-state index is -1.52. The molecule has 1 aromatic heterocycles. The summed E-state index contributed by atoms with van der Waals surface area (Å²) < 4.78 is 39.8. The van der Waals surface area contributed by atoms with Crippen LogP contribution in [0.15, 0.2) is 12.1 Å². The molecule has 0 saturated heterocycles. The van der Waals surface area contributed by atoms with Gasteiger partial charge in [0.15, 0.2) is 23.2 Å². The van der Waals surface area contributed by atoms with Gasteiger partial charge in [0.2, 0.25) is 0 Å². The number of nitrogens with zero attached hydrogens (tertiary/aromatic N) is 1. The molecule has 0 radical (unpaired) electrons. The van der Waals surface area contributed by atoms with Gasteiger partial charge < -0.3 is 0 Å². The van der Waals surface area contributed by atoms with Crippen LogP contribution in [0.2, 0.25) is 0 Å². The predicted molar refractivity (Wildman–Crippen MR) is 64.7 cm³/mol. The van der Waals surface area contributed by atoms with Crippen molar-refractivity contribution in [2.75, 3.05) is 0 Å². The highest BCUT2D eigenvalue weighted by Crippen LogP contribution is 2.34. The number of aromatic nitrogens is 1. The van der Waals surface area contributed by atoms with E-state index < -0.39 is 17.5 Å². The number of hydrogen-bond donors (Lipinski definition) is 0. The van der Waals surface area contributed by atoms with Crippen LogP contribution in [0.5, 0.6) is 0 Å². The first-order valence-corrected chi connectivity index (χ1v) is 6.56. The Balaban J connectivity index is 2.13. The van der Waals surface area contributed by atoms with Crippen molar-refractivity contribution in [2.24, 2.45) is 0 Å². The van der Waals surface area contributed by atoms with E-state index in [9.17, 15) is 18.0 Å². The SMILES string of the molecule is O=C1CCCc2nc(-c3ccc(F)c(F)c3F)sc21. The fraction of sp³-hybridized carbons (Fsp3) is 0.231. The standard InChI is InChI=1S/C13H8F3NOS/c14-7-5-4-6(10(15)11(7)16)13-17-8-2-1-3-9(18)12(8)19-13/h4-5H,1-3H2. The summed E-state index contributed by atoms with van der Waals surface area (Å²) >= 11 is 1.04. The highest BCUT2D eigenvalue weighted by Gasteiger charge is 2.24. The number of Topliss-reactive ketones (excluding diaryl/α,β-unsaturated/α-hetero) is 1. The molecule has 0 spiro atoms. The van der Waals surface area contributed by atoms with E-state index >= 15 is 0 Å². The highest BCUT2D eigenvalue weighted by atomic mass is 32.1. The fourth-order valence-electron chi connectivity index (χ4n) is 2.08. The molecule has 0 N–H and O–H groups in total. The van der Waals surface area contributed by atoms with Crippen molar-refractivity contribution < 1.29 is 18.0 Å². The minimum Gasteiger partial charge on any atom is -0.293 e. The van der Waals surface area contributed by atoms with Crippen LogP contribution < -0.4 is 0 Å². The second-order valence-electron chi connectivity index (χ2n) is 4.29. The first-order chi connectivity index (χ1) is 9.08. The Hall–Kier alpha value is -1.69. The summed E-state index contributed by atoms with van der Waals surface area (Å²) in [7, 11) is 0. The molecule has 0 atom stereocenters. The molecule has 0 fully saturated rings. The van der Waals surface area contributed by atoms with Gasteiger partial charge in [-0.3, -0.25) is 4.79 Å². The molecular weight excluding hydrogens is 275 g/mol. The van der Waals surface area contributed by atoms with Crippen LogP contribution in [-0.4, -0.2) is 10.8 Å². The second kappa shape index (κ2) is 4.45. The van der Waals surface area contributed by atoms with Gasteiger partial charge in [0.05, 0.1) is 10.6 Å². The molecule has 19 heavy (non-hydrogen) atoms. The monoisotopic (exact) mass is 283 g/mol. The quantitative estimate of drug-likeness (QED) is 0.746. The molecule has 0 amide bonds. The van der Waals surface area contributed by atoms with Gasteiger partial charge in [0.25, 0.3) is 0 Å². The number of carbonyl (C=O) groups excluding carboxylic acids is 1. The Bertz CT molecular complexity index is 681. The van der Waals surface area contributed by atoms with Crippen LogP contribution in [0.25, 0.3) is 10.6 Å². The zero-order valence-electron chi connectivity index (χ0n) is 9.67. The van der Waals surface area contributed by atoms with Crippen molar-refractivity contribution in [2.45, 2.75) is 19.3 Å². The predicted octanol–water partition coefficient (Wildman–Crippen LogP) is 3.75. The maximum Gasteiger partial charge on any atom is 0.195 e. The summed E-state index contributed by atoms with van der Waals surface area (Å²) in [5, 5.41) is 0.219. The van der Waals surface area contributed by atoms with E-state index in [1.165, 1.54) is 0 Å². The summed E-state index contributed by atoms with van der Waals surface area (Å²) in [5.41, 5.74) is 0.520. The van der Waals surface area contributed by atoms with Gasteiger partial charge in [0.1, 0.15) is 5.01 Å². The summed E-state index contributed by atoms with van der Waals surface area (Å²) in [5.74, 6) is -4.04. The van der Waals surface area contributed by atoms with E-state index in [0.29, 0.717) is 23.4 Å². The summed E-state index contributed by atoms with van der Waals surface area (Å²) in [4.78, 5) is 16.4. The fourth-order valence-corrected chi connectivity index (χ4v) is 3.17. The molecule has 1 aliphatic rings. The van der Waals surface area contributed by atoms with Crippen molar-refractivity contribution in [1.29, 1.82) is 0 Å². The van der Waals surface area contributed by atoms with Crippen LogP contribution in [0.1, 0.15) is 28.2 Å². The van der Waals surface area contributed by atoms with Crippen molar-refractivity contribution in [1.82, 2.24) is 4.98 Å². The van der Waals surface area contributed by atoms with E-state index in [-0.39, 0.29) is 16.4 Å². The van der Waals surface area contributed by atoms with Crippen molar-refractivity contribution in [3.63, 3.8) is 0 Å². The number of ketones is 1. The first kappa shape index (κ1) is 12.3. The molecule has 2 aromatic rings. The van der Waals surface area contributed by atoms with Gasteiger partial charge in [-0.2, -0.15) is 0 Å². The third-order valence-electron chi connectivity index (χ3n) is 3.03. The Labute approximate surface area is 110 Å². The number of halogens is 3. The molecule has 0 saturated carbocycles. The van der Waals surface area contributed by atoms with Crippen LogP contribution in [0, 0.1) is 17.5 Å². The zero-order valence-corrected chi connectivity index (χ0v) is 10.5. The number of aryl methyl sites for hydroxylation is 1. The number of thiazole rings is 1. The van der Waals surface area contributed by atoms with Gasteiger partial charge in [-0.15, -0.1) is 11.3 Å². The van der Waals surface area contributed by atoms with Gasteiger partial charge >= 0.3 is 0 Å². The summed E-state index contributed by atoms with van der Waals surface area (Å²) in [6.07, 6.45) is 1.83. The lowest BCUT2D eigenvalue weighted by atomic mass is 10.0. The molecule has 0 aliphatic heterocycles. The number of carbonyl (C=O) groups is 1. The van der Waals surface area contributed by atoms with E-state index in [1.807, 2.05) is 0 Å². The summed E-state index contributed by atoms with van der Waals surface area (Å²) in [6, 6.07) is 2.00. The maximum atomic E-state index is 13.7. The highest BCUT2D eigenvalue weighted by molar-refractivity contribution is 7.17. The molecule has 0 unspecified atom stereocenters. The summed E-state index contributed by atoms with van der Waals surface area (Å²) in [6.45, 7) is 0. The third-order valence-corrected chi connectivity index (χ3v) is 4.21. The van der Waals surface area contributed by atoms with Gasteiger partial charge in [0, 0.05) is 12.0 Å². The van der Waals surface area contributed by atoms with E-state index in [0.717, 1.165) is 29.9 Å². The third kappa shape index (κ3) is 1.96. The topological polar surface area (TPSA) is 30.0 Å². The number of benzene rings is 1. The van der Waals surface area contributed by atoms with Crippen molar-refractivity contribution >= 4 is 17.1 Å². The average molecular weight is 283 g/mol. The first-order valence-electron chi connectivity index (χ1n) is 5.74. The number of fused-ring (bicyclic) bond motifs is 1. The van der Waals surface area contributed by atoms with Crippen LogP contribution in [0.3, 0.4) is 0 Å². The largest absolute Gasteiger partial charge is 0.293 e. The molecule has 6 heteroatoms. The molecule has 0 bridgehead atoms. The van der Waals surface area contributed by atoms with Crippen molar-refractivity contribution in [3.8, 4) is 10.6 Å². The van der Waals surface area contributed by atoms with Gasteiger partial charge in [-0.1, -0.05) is 0 Å². The average Bonchev–Trinajstić information content (AvgIpc) is 2.81. The Kier molecular flexibility index (Phi) is 2.89. The number of hydrogen-bond acceptors (Lipinski definition) is 3. The molecule has 1 aliphatic carbocycles. The smallest absolute Gasteiger partial charge is 0.195 e. The molecule has 98 valence electrons. The molecule has 3 rings (SSSR count). The zero-order chi connectivity index (χ0) is 13.6. The molecule has 2 nitrogen and oxygen atoms in total. The molecule has 1 aromatic carbocycles. The maximum absolute atomic E-state index is 13.7. The Morgan fingerprint density at radius 1 is 1.11 bits per heavy atom. The Morgan fingerprint density at radius 3 is 2.63 bits per heavy atom.